The minimum absolute atomic E-state index is 0.0639. The van der Waals surface area contributed by atoms with Crippen LogP contribution in [0.3, 0.4) is 0 Å². The smallest absolute Gasteiger partial charge is 0.355 e. The van der Waals surface area contributed by atoms with Gasteiger partial charge in [0.1, 0.15) is 5.82 Å². The summed E-state index contributed by atoms with van der Waals surface area (Å²) in [4.78, 5) is 20.6. The lowest BCUT2D eigenvalue weighted by molar-refractivity contribution is -0.137. The highest BCUT2D eigenvalue weighted by Crippen LogP contribution is 2.29. The maximum absolute atomic E-state index is 13.0. The van der Waals surface area contributed by atoms with Crippen LogP contribution in [0.25, 0.3) is 5.69 Å². The molecule has 9 heteroatoms. The van der Waals surface area contributed by atoms with Gasteiger partial charge >= 0.3 is 6.18 Å². The van der Waals surface area contributed by atoms with Crippen LogP contribution in [0.4, 0.5) is 19.0 Å². The molecule has 1 aliphatic heterocycles. The number of carbonyl (C=O) groups is 1. The third-order valence-electron chi connectivity index (χ3n) is 5.37. The second kappa shape index (κ2) is 8.41. The largest absolute Gasteiger partial charge is 0.417 e. The van der Waals surface area contributed by atoms with Crippen molar-refractivity contribution in [1.29, 1.82) is 0 Å². The Hall–Kier alpha value is -3.36. The monoisotopic (exact) mass is 429 g/mol. The molecule has 31 heavy (non-hydrogen) atoms. The summed E-state index contributed by atoms with van der Waals surface area (Å²) in [6.07, 6.45) is -1.12. The van der Waals surface area contributed by atoms with Crippen LogP contribution in [0.2, 0.25) is 0 Å². The van der Waals surface area contributed by atoms with Crippen LogP contribution >= 0.6 is 0 Å². The Morgan fingerprint density at radius 2 is 1.74 bits per heavy atom. The molecule has 0 N–H and O–H groups in total. The maximum Gasteiger partial charge on any atom is 0.417 e. The van der Waals surface area contributed by atoms with E-state index < -0.39 is 11.7 Å². The molecule has 1 saturated heterocycles. The molecule has 1 aliphatic rings. The molecule has 2 aromatic heterocycles. The minimum atomic E-state index is -4.40. The number of nitrogens with zero attached hydrogens (tertiary/aromatic N) is 5. The topological polar surface area (TPSA) is 54.3 Å². The lowest BCUT2D eigenvalue weighted by Gasteiger charge is -2.23. The molecule has 1 aromatic carbocycles. The van der Waals surface area contributed by atoms with E-state index in [1.54, 1.807) is 27.9 Å². The van der Waals surface area contributed by atoms with Gasteiger partial charge in [0.25, 0.3) is 5.91 Å². The van der Waals surface area contributed by atoms with Crippen LogP contribution < -0.4 is 4.90 Å². The molecule has 1 amide bonds. The number of rotatable bonds is 3. The molecule has 4 rings (SSSR count). The number of carbonyl (C=O) groups excluding carboxylic acids is 1. The molecule has 0 atom stereocenters. The van der Waals surface area contributed by atoms with E-state index in [2.05, 4.69) is 10.1 Å². The highest BCUT2D eigenvalue weighted by Gasteiger charge is 2.31. The van der Waals surface area contributed by atoms with Gasteiger partial charge in [-0.25, -0.2) is 9.67 Å². The molecule has 162 valence electrons. The summed E-state index contributed by atoms with van der Waals surface area (Å²) in [5.74, 6) is 0.423. The number of hydrogen-bond donors (Lipinski definition) is 0. The number of alkyl halides is 3. The molecule has 3 aromatic rings. The fraction of sp³-hybridized carbons (Fsp3) is 0.318. The molecule has 1 fully saturated rings. The number of aryl methyl sites for hydroxylation is 1. The second-order valence-corrected chi connectivity index (χ2v) is 7.47. The van der Waals surface area contributed by atoms with Crippen molar-refractivity contribution in [2.24, 2.45) is 0 Å². The summed E-state index contributed by atoms with van der Waals surface area (Å²) in [7, 11) is 0. The predicted octanol–water partition coefficient (Wildman–Crippen LogP) is 3.95. The van der Waals surface area contributed by atoms with Crippen molar-refractivity contribution in [1.82, 2.24) is 19.7 Å². The zero-order valence-electron chi connectivity index (χ0n) is 17.0. The second-order valence-electron chi connectivity index (χ2n) is 7.47. The van der Waals surface area contributed by atoms with Crippen LogP contribution in [0, 0.1) is 6.92 Å². The van der Waals surface area contributed by atoms with Crippen molar-refractivity contribution in [2.45, 2.75) is 19.5 Å². The Balaban J connectivity index is 1.41. The lowest BCUT2D eigenvalue weighted by Crippen LogP contribution is -2.35. The Bertz CT molecular complexity index is 1040. The number of hydrogen-bond acceptors (Lipinski definition) is 4. The van der Waals surface area contributed by atoms with E-state index in [0.717, 1.165) is 23.6 Å². The lowest BCUT2D eigenvalue weighted by atomic mass is 10.1. The third kappa shape index (κ3) is 4.55. The van der Waals surface area contributed by atoms with Gasteiger partial charge in [-0.3, -0.25) is 4.79 Å². The zero-order chi connectivity index (χ0) is 22.0. The van der Waals surface area contributed by atoms with Crippen molar-refractivity contribution >= 4 is 11.7 Å². The van der Waals surface area contributed by atoms with Crippen LogP contribution in [0.5, 0.6) is 0 Å². The van der Waals surface area contributed by atoms with Crippen LogP contribution in [0.15, 0.2) is 54.9 Å². The Morgan fingerprint density at radius 1 is 0.968 bits per heavy atom. The van der Waals surface area contributed by atoms with E-state index in [4.69, 9.17) is 0 Å². The van der Waals surface area contributed by atoms with E-state index in [9.17, 15) is 18.0 Å². The summed E-state index contributed by atoms with van der Waals surface area (Å²) in [6.45, 7) is 4.15. The standard InChI is InChI=1S/C22H22F3N5O/c1-16-9-10-27-30(16)19-6-3-17(4-7-19)21(31)29-12-2-11-28(13-14-29)20-8-5-18(15-26-20)22(23,24)25/h3-10,15H,2,11-14H2,1H3. The Kier molecular flexibility index (Phi) is 5.67. The first kappa shape index (κ1) is 20.9. The van der Waals surface area contributed by atoms with Gasteiger partial charge in [0.05, 0.1) is 11.3 Å². The van der Waals surface area contributed by atoms with Crippen molar-refractivity contribution in [3.63, 3.8) is 0 Å². The number of amides is 1. The van der Waals surface area contributed by atoms with Gasteiger partial charge in [-0.15, -0.1) is 0 Å². The van der Waals surface area contributed by atoms with Crippen LogP contribution in [-0.2, 0) is 6.18 Å². The first-order valence-electron chi connectivity index (χ1n) is 10.0. The first-order valence-corrected chi connectivity index (χ1v) is 10.0. The minimum Gasteiger partial charge on any atom is -0.355 e. The fourth-order valence-corrected chi connectivity index (χ4v) is 3.66. The molecular weight excluding hydrogens is 407 g/mol. The van der Waals surface area contributed by atoms with E-state index in [0.29, 0.717) is 44.0 Å². The average Bonchev–Trinajstić information content (AvgIpc) is 3.04. The third-order valence-corrected chi connectivity index (χ3v) is 5.37. The molecule has 3 heterocycles. The number of anilines is 1. The quantitative estimate of drug-likeness (QED) is 0.633. The SMILES string of the molecule is Cc1ccnn1-c1ccc(C(=O)N2CCCN(c3ccc(C(F)(F)F)cn3)CC2)cc1. The molecule has 0 radical (unpaired) electrons. The van der Waals surface area contributed by atoms with Gasteiger partial charge in [-0.05, 0) is 55.8 Å². The van der Waals surface area contributed by atoms with Gasteiger partial charge in [-0.1, -0.05) is 0 Å². The van der Waals surface area contributed by atoms with Crippen molar-refractivity contribution < 1.29 is 18.0 Å². The molecule has 0 unspecified atom stereocenters. The number of benzene rings is 1. The van der Waals surface area contributed by atoms with Gasteiger partial charge in [-0.2, -0.15) is 18.3 Å². The number of aromatic nitrogens is 3. The number of halogens is 3. The Labute approximate surface area is 177 Å². The van der Waals surface area contributed by atoms with Crippen molar-refractivity contribution in [2.75, 3.05) is 31.1 Å². The van der Waals surface area contributed by atoms with Crippen LogP contribution in [0.1, 0.15) is 28.0 Å². The highest BCUT2D eigenvalue weighted by molar-refractivity contribution is 5.94. The Morgan fingerprint density at radius 3 is 2.35 bits per heavy atom. The summed E-state index contributed by atoms with van der Waals surface area (Å²) in [5, 5.41) is 4.27. The van der Waals surface area contributed by atoms with E-state index in [1.807, 2.05) is 30.0 Å². The van der Waals surface area contributed by atoms with Gasteiger partial charge < -0.3 is 9.80 Å². The van der Waals surface area contributed by atoms with E-state index >= 15 is 0 Å². The molecular formula is C22H22F3N5O. The summed E-state index contributed by atoms with van der Waals surface area (Å²) < 4.78 is 40.1. The molecule has 0 aliphatic carbocycles. The van der Waals surface area contributed by atoms with Gasteiger partial charge in [0, 0.05) is 49.8 Å². The van der Waals surface area contributed by atoms with Gasteiger partial charge in [0.2, 0.25) is 0 Å². The number of pyridine rings is 1. The predicted molar refractivity (Wildman–Crippen MR) is 110 cm³/mol. The highest BCUT2D eigenvalue weighted by atomic mass is 19.4. The molecule has 0 bridgehead atoms. The molecule has 6 nitrogen and oxygen atoms in total. The first-order chi connectivity index (χ1) is 14.8. The van der Waals surface area contributed by atoms with E-state index in [1.165, 1.54) is 6.07 Å². The van der Waals surface area contributed by atoms with Gasteiger partial charge in [0.15, 0.2) is 0 Å². The summed E-state index contributed by atoms with van der Waals surface area (Å²) in [5.41, 5.74) is 1.71. The molecule has 0 saturated carbocycles. The van der Waals surface area contributed by atoms with Crippen molar-refractivity contribution in [3.05, 3.63) is 71.7 Å². The molecule has 0 spiro atoms. The summed E-state index contributed by atoms with van der Waals surface area (Å²) >= 11 is 0. The van der Waals surface area contributed by atoms with E-state index in [-0.39, 0.29) is 5.91 Å². The maximum atomic E-state index is 13.0. The zero-order valence-corrected chi connectivity index (χ0v) is 17.0. The van der Waals surface area contributed by atoms with Crippen molar-refractivity contribution in [3.8, 4) is 5.69 Å². The summed E-state index contributed by atoms with van der Waals surface area (Å²) in [6, 6.07) is 11.6. The fourth-order valence-electron chi connectivity index (χ4n) is 3.66. The average molecular weight is 429 g/mol. The normalized spacial score (nSPS) is 15.1. The van der Waals surface area contributed by atoms with Crippen LogP contribution in [-0.4, -0.2) is 51.8 Å².